The highest BCUT2D eigenvalue weighted by Crippen LogP contribution is 2.28. The number of hydrogen-bond donors (Lipinski definition) is 1. The molecule has 1 fully saturated rings. The van der Waals surface area contributed by atoms with Gasteiger partial charge < -0.3 is 14.8 Å². The van der Waals surface area contributed by atoms with Crippen LogP contribution >= 0.6 is 11.6 Å². The van der Waals surface area contributed by atoms with Crippen LogP contribution in [0.4, 0.5) is 5.95 Å². The molecular weight excluding hydrogens is 368 g/mol. The van der Waals surface area contributed by atoms with Gasteiger partial charge in [0.1, 0.15) is 11.4 Å². The first-order valence-electron chi connectivity index (χ1n) is 8.75. The van der Waals surface area contributed by atoms with Crippen LogP contribution in [0.3, 0.4) is 0 Å². The molecule has 1 saturated heterocycles. The van der Waals surface area contributed by atoms with E-state index in [9.17, 15) is 4.79 Å². The van der Waals surface area contributed by atoms with Crippen molar-refractivity contribution in [1.82, 2.24) is 14.5 Å². The number of aryl methyl sites for hydroxylation is 1. The summed E-state index contributed by atoms with van der Waals surface area (Å²) in [6.07, 6.45) is 3.50. The van der Waals surface area contributed by atoms with Gasteiger partial charge in [0.15, 0.2) is 5.75 Å². The molecule has 0 atom stereocenters. The number of anilines is 1. The summed E-state index contributed by atoms with van der Waals surface area (Å²) in [6.45, 7) is 1.46. The van der Waals surface area contributed by atoms with Crippen molar-refractivity contribution < 1.29 is 9.47 Å². The number of nitrogens with zero attached hydrogens (tertiary/aromatic N) is 3. The fourth-order valence-corrected chi connectivity index (χ4v) is 3.20. The maximum atomic E-state index is 12.7. The summed E-state index contributed by atoms with van der Waals surface area (Å²) in [5, 5.41) is 4.46. The lowest BCUT2D eigenvalue weighted by molar-refractivity contribution is 0.0903. The van der Waals surface area contributed by atoms with E-state index in [0.717, 1.165) is 26.1 Å². The first kappa shape index (κ1) is 17.8. The molecule has 0 unspecified atom stereocenters. The van der Waals surface area contributed by atoms with Crippen molar-refractivity contribution >= 4 is 28.6 Å². The fraction of sp³-hybridized carbons (Fsp3) is 0.316. The Morgan fingerprint density at radius 3 is 2.81 bits per heavy atom. The molecule has 1 aromatic carbocycles. The van der Waals surface area contributed by atoms with Crippen molar-refractivity contribution in [2.75, 3.05) is 18.5 Å². The van der Waals surface area contributed by atoms with Crippen molar-refractivity contribution in [3.05, 3.63) is 51.9 Å². The Morgan fingerprint density at radius 2 is 2.04 bits per heavy atom. The quantitative estimate of drug-likeness (QED) is 0.740. The molecule has 0 bridgehead atoms. The molecule has 0 spiro atoms. The van der Waals surface area contributed by atoms with Crippen LogP contribution in [0.5, 0.6) is 11.5 Å². The molecule has 1 aliphatic heterocycles. The number of aromatic nitrogens is 3. The number of benzene rings is 1. The lowest BCUT2D eigenvalue weighted by atomic mass is 10.1. The largest absolute Gasteiger partial charge is 0.450 e. The topological polar surface area (TPSA) is 78.3 Å². The van der Waals surface area contributed by atoms with Gasteiger partial charge in [-0.15, -0.1) is 0 Å². The van der Waals surface area contributed by atoms with E-state index < -0.39 is 0 Å². The van der Waals surface area contributed by atoms with Crippen LogP contribution in [0.15, 0.2) is 41.3 Å². The zero-order chi connectivity index (χ0) is 18.8. The number of halogens is 1. The van der Waals surface area contributed by atoms with E-state index >= 15 is 0 Å². The molecule has 140 valence electrons. The van der Waals surface area contributed by atoms with Gasteiger partial charge in [-0.25, -0.2) is 4.98 Å². The standard InChI is InChI=1S/C19H19ClN4O3/c1-24-17-12(11-21-19(23-17)22-13-6-8-26-9-7-13)10-16(18(24)25)27-15-5-3-2-4-14(15)20/h2-5,10-11,13H,6-9H2,1H3,(H,21,22,23). The molecule has 0 aliphatic carbocycles. The van der Waals surface area contributed by atoms with Crippen molar-refractivity contribution in [3.8, 4) is 11.5 Å². The minimum Gasteiger partial charge on any atom is -0.450 e. The van der Waals surface area contributed by atoms with E-state index in [-0.39, 0.29) is 17.4 Å². The Balaban J connectivity index is 1.66. The van der Waals surface area contributed by atoms with Crippen LogP contribution in [0.25, 0.3) is 11.0 Å². The van der Waals surface area contributed by atoms with Gasteiger partial charge >= 0.3 is 0 Å². The van der Waals surface area contributed by atoms with E-state index in [4.69, 9.17) is 21.1 Å². The van der Waals surface area contributed by atoms with Gasteiger partial charge in [0.05, 0.1) is 5.02 Å². The number of pyridine rings is 1. The second-order valence-corrected chi connectivity index (χ2v) is 6.82. The average molecular weight is 387 g/mol. The average Bonchev–Trinajstić information content (AvgIpc) is 2.69. The predicted molar refractivity (Wildman–Crippen MR) is 104 cm³/mol. The molecule has 3 aromatic rings. The fourth-order valence-electron chi connectivity index (χ4n) is 3.03. The molecular formula is C19H19ClN4O3. The third-order valence-corrected chi connectivity index (χ3v) is 4.84. The highest BCUT2D eigenvalue weighted by atomic mass is 35.5. The van der Waals surface area contributed by atoms with Crippen molar-refractivity contribution in [3.63, 3.8) is 0 Å². The Morgan fingerprint density at radius 1 is 1.26 bits per heavy atom. The highest BCUT2D eigenvalue weighted by molar-refractivity contribution is 6.32. The second-order valence-electron chi connectivity index (χ2n) is 6.41. The first-order valence-corrected chi connectivity index (χ1v) is 9.13. The molecule has 2 aromatic heterocycles. The van der Waals surface area contributed by atoms with Gasteiger partial charge in [0.2, 0.25) is 5.95 Å². The Kier molecular flexibility index (Phi) is 4.96. The van der Waals surface area contributed by atoms with Crippen LogP contribution in [0, 0.1) is 0 Å². The summed E-state index contributed by atoms with van der Waals surface area (Å²) in [7, 11) is 1.66. The maximum absolute atomic E-state index is 12.7. The lowest BCUT2D eigenvalue weighted by Gasteiger charge is -2.23. The smallest absolute Gasteiger partial charge is 0.294 e. The third-order valence-electron chi connectivity index (χ3n) is 4.53. The van der Waals surface area contributed by atoms with Gasteiger partial charge in [0, 0.05) is 37.9 Å². The number of hydrogen-bond acceptors (Lipinski definition) is 6. The minimum absolute atomic E-state index is 0.173. The van der Waals surface area contributed by atoms with Gasteiger partial charge in [-0.3, -0.25) is 9.36 Å². The molecule has 27 heavy (non-hydrogen) atoms. The first-order chi connectivity index (χ1) is 13.1. The van der Waals surface area contributed by atoms with Crippen LogP contribution in [-0.4, -0.2) is 33.8 Å². The number of para-hydroxylation sites is 1. The van der Waals surface area contributed by atoms with E-state index in [0.29, 0.717) is 27.8 Å². The summed E-state index contributed by atoms with van der Waals surface area (Å²) in [4.78, 5) is 21.6. The molecule has 0 saturated carbocycles. The molecule has 1 N–H and O–H groups in total. The highest BCUT2D eigenvalue weighted by Gasteiger charge is 2.16. The molecule has 1 aliphatic rings. The Labute approximate surface area is 160 Å². The lowest BCUT2D eigenvalue weighted by Crippen LogP contribution is -2.29. The number of ether oxygens (including phenoxy) is 2. The van der Waals surface area contributed by atoms with Gasteiger partial charge in [0.25, 0.3) is 5.56 Å². The Hall–Kier alpha value is -2.64. The monoisotopic (exact) mass is 386 g/mol. The van der Waals surface area contributed by atoms with Gasteiger partial charge in [-0.1, -0.05) is 23.7 Å². The van der Waals surface area contributed by atoms with Crippen molar-refractivity contribution in [2.45, 2.75) is 18.9 Å². The normalized spacial score (nSPS) is 15.0. The van der Waals surface area contributed by atoms with E-state index in [1.807, 2.05) is 0 Å². The summed E-state index contributed by atoms with van der Waals surface area (Å²) >= 11 is 6.12. The Bertz CT molecular complexity index is 1030. The summed E-state index contributed by atoms with van der Waals surface area (Å²) in [5.41, 5.74) is 0.245. The molecule has 0 amide bonds. The van der Waals surface area contributed by atoms with Gasteiger partial charge in [-0.05, 0) is 31.0 Å². The molecule has 8 heteroatoms. The van der Waals surface area contributed by atoms with Crippen LogP contribution < -0.4 is 15.6 Å². The maximum Gasteiger partial charge on any atom is 0.294 e. The molecule has 0 radical (unpaired) electrons. The minimum atomic E-state index is -0.293. The number of rotatable bonds is 4. The van der Waals surface area contributed by atoms with Crippen LogP contribution in [0.2, 0.25) is 5.02 Å². The number of fused-ring (bicyclic) bond motifs is 1. The SMILES string of the molecule is Cn1c(=O)c(Oc2ccccc2Cl)cc2cnc(NC3CCOCC3)nc21. The summed E-state index contributed by atoms with van der Waals surface area (Å²) in [6, 6.07) is 8.93. The molecule has 4 rings (SSSR count). The number of nitrogens with one attached hydrogen (secondary N) is 1. The van der Waals surface area contributed by atoms with Crippen molar-refractivity contribution in [2.24, 2.45) is 7.05 Å². The van der Waals surface area contributed by atoms with Crippen LogP contribution in [-0.2, 0) is 11.8 Å². The van der Waals surface area contributed by atoms with Crippen LogP contribution in [0.1, 0.15) is 12.8 Å². The molecule has 7 nitrogen and oxygen atoms in total. The van der Waals surface area contributed by atoms with E-state index in [1.54, 1.807) is 43.6 Å². The third kappa shape index (κ3) is 3.74. The molecule has 3 heterocycles. The van der Waals surface area contributed by atoms with Crippen molar-refractivity contribution in [1.29, 1.82) is 0 Å². The van der Waals surface area contributed by atoms with E-state index in [1.165, 1.54) is 4.57 Å². The predicted octanol–water partition coefficient (Wildman–Crippen LogP) is 3.37. The van der Waals surface area contributed by atoms with Gasteiger partial charge in [-0.2, -0.15) is 4.98 Å². The zero-order valence-corrected chi connectivity index (χ0v) is 15.6. The summed E-state index contributed by atoms with van der Waals surface area (Å²) < 4.78 is 12.6. The second kappa shape index (κ2) is 7.54. The van der Waals surface area contributed by atoms with E-state index in [2.05, 4.69) is 15.3 Å². The zero-order valence-electron chi connectivity index (χ0n) is 14.8. The summed E-state index contributed by atoms with van der Waals surface area (Å²) in [5.74, 6) is 1.10.